The zero-order valence-electron chi connectivity index (χ0n) is 34.3. The van der Waals surface area contributed by atoms with E-state index < -0.39 is 12.1 Å². The normalized spacial score (nSPS) is 14.1. The summed E-state index contributed by atoms with van der Waals surface area (Å²) in [4.78, 5) is 28.3. The van der Waals surface area contributed by atoms with Crippen LogP contribution in [0.15, 0.2) is 53.8 Å². The molecule has 300 valence electrons. The Hall–Kier alpha value is -3.26. The lowest BCUT2D eigenvalue weighted by Crippen LogP contribution is -2.33. The highest BCUT2D eigenvalue weighted by Gasteiger charge is 2.21. The molecule has 1 aliphatic carbocycles. The van der Waals surface area contributed by atoms with Crippen LogP contribution in [0.4, 0.5) is 0 Å². The van der Waals surface area contributed by atoms with Crippen LogP contribution in [0.2, 0.25) is 0 Å². The highest BCUT2D eigenvalue weighted by molar-refractivity contribution is 5.90. The third-order valence-corrected chi connectivity index (χ3v) is 10.1. The standard InChI is InChI=1S/C45H73NO7/c1-7-10-11-12-13-14-15-16-17-18-19-20-21-22-23-24-25-26-44(47)53-41(36-52-45(48)39-29-32-42(49-5)43(34-39)50-6)35-51-40-30-27-38(28-31-40)33-37(4)46(8-2)9-3/h19-20,27,29-30,32,34,37,41H,7-18,21-26,28,31,33,35-36H2,1-6H3. The van der Waals surface area contributed by atoms with Crippen LogP contribution in [0.25, 0.3) is 0 Å². The first-order chi connectivity index (χ1) is 25.8. The van der Waals surface area contributed by atoms with E-state index in [-0.39, 0.29) is 19.2 Å². The Morgan fingerprint density at radius 1 is 0.755 bits per heavy atom. The van der Waals surface area contributed by atoms with Crippen molar-refractivity contribution in [3.8, 4) is 11.5 Å². The van der Waals surface area contributed by atoms with Crippen molar-refractivity contribution in [2.75, 3.05) is 40.5 Å². The largest absolute Gasteiger partial charge is 0.494 e. The minimum atomic E-state index is -0.725. The van der Waals surface area contributed by atoms with Crippen molar-refractivity contribution in [2.24, 2.45) is 0 Å². The summed E-state index contributed by atoms with van der Waals surface area (Å²) in [6.07, 6.45) is 29.7. The van der Waals surface area contributed by atoms with Gasteiger partial charge in [0.05, 0.1) is 25.5 Å². The number of methoxy groups -OCH3 is 2. The number of carbonyl (C=O) groups is 2. The molecule has 53 heavy (non-hydrogen) atoms. The maximum Gasteiger partial charge on any atom is 0.338 e. The van der Waals surface area contributed by atoms with Gasteiger partial charge < -0.3 is 28.6 Å². The number of benzene rings is 1. The lowest BCUT2D eigenvalue weighted by Gasteiger charge is -2.28. The molecule has 0 aromatic heterocycles. The van der Waals surface area contributed by atoms with Gasteiger partial charge in [0.15, 0.2) is 17.6 Å². The van der Waals surface area contributed by atoms with Crippen LogP contribution >= 0.6 is 0 Å². The van der Waals surface area contributed by atoms with Crippen LogP contribution < -0.4 is 9.47 Å². The van der Waals surface area contributed by atoms with Gasteiger partial charge in [0, 0.05) is 18.9 Å². The molecule has 2 atom stereocenters. The number of hydrogen-bond donors (Lipinski definition) is 0. The summed E-state index contributed by atoms with van der Waals surface area (Å²) < 4.78 is 28.2. The summed E-state index contributed by atoms with van der Waals surface area (Å²) >= 11 is 0. The number of esters is 2. The van der Waals surface area contributed by atoms with E-state index in [0.717, 1.165) is 70.2 Å². The predicted molar refractivity (Wildman–Crippen MR) is 217 cm³/mol. The van der Waals surface area contributed by atoms with Gasteiger partial charge in [0.2, 0.25) is 0 Å². The molecule has 0 N–H and O–H groups in total. The van der Waals surface area contributed by atoms with E-state index in [4.69, 9.17) is 23.7 Å². The number of rotatable bonds is 31. The van der Waals surface area contributed by atoms with Crippen molar-refractivity contribution in [2.45, 2.75) is 162 Å². The third kappa shape index (κ3) is 20.1. The van der Waals surface area contributed by atoms with Crippen molar-refractivity contribution < 1.29 is 33.3 Å². The number of ether oxygens (including phenoxy) is 5. The fraction of sp³-hybridized carbons (Fsp3) is 0.689. The second-order valence-electron chi connectivity index (χ2n) is 14.4. The Morgan fingerprint density at radius 2 is 1.38 bits per heavy atom. The maximum absolute atomic E-state index is 12.9. The summed E-state index contributed by atoms with van der Waals surface area (Å²) in [5.74, 6) is 0.957. The molecule has 0 saturated heterocycles. The van der Waals surface area contributed by atoms with Crippen molar-refractivity contribution in [1.82, 2.24) is 4.90 Å². The van der Waals surface area contributed by atoms with Crippen LogP contribution in [0.1, 0.15) is 160 Å². The van der Waals surface area contributed by atoms with E-state index in [2.05, 4.69) is 50.8 Å². The minimum absolute atomic E-state index is 0.111. The molecule has 1 aromatic rings. The second-order valence-corrected chi connectivity index (χ2v) is 14.4. The predicted octanol–water partition coefficient (Wildman–Crippen LogP) is 11.3. The van der Waals surface area contributed by atoms with E-state index in [1.165, 1.54) is 84.0 Å². The smallest absolute Gasteiger partial charge is 0.338 e. The maximum atomic E-state index is 12.9. The zero-order chi connectivity index (χ0) is 38.5. The molecule has 0 heterocycles. The van der Waals surface area contributed by atoms with Gasteiger partial charge in [-0.15, -0.1) is 0 Å². The van der Waals surface area contributed by atoms with Crippen molar-refractivity contribution >= 4 is 11.9 Å². The lowest BCUT2D eigenvalue weighted by atomic mass is 9.97. The van der Waals surface area contributed by atoms with Gasteiger partial charge in [0.1, 0.15) is 13.2 Å². The molecule has 2 rings (SSSR count). The summed E-state index contributed by atoms with van der Waals surface area (Å²) in [6, 6.07) is 5.34. The third-order valence-electron chi connectivity index (χ3n) is 10.1. The molecular weight excluding hydrogens is 666 g/mol. The molecule has 0 fully saturated rings. The first-order valence-corrected chi connectivity index (χ1v) is 20.8. The van der Waals surface area contributed by atoms with Gasteiger partial charge in [-0.1, -0.05) is 109 Å². The molecule has 8 nitrogen and oxygen atoms in total. The highest BCUT2D eigenvalue weighted by Crippen LogP contribution is 2.28. The summed E-state index contributed by atoms with van der Waals surface area (Å²) in [7, 11) is 3.05. The fourth-order valence-corrected chi connectivity index (χ4v) is 6.78. The van der Waals surface area contributed by atoms with E-state index in [1.54, 1.807) is 18.2 Å². The second kappa shape index (κ2) is 29.1. The zero-order valence-corrected chi connectivity index (χ0v) is 34.3. The average molecular weight is 740 g/mol. The van der Waals surface area contributed by atoms with Crippen LogP contribution in [0.3, 0.4) is 0 Å². The van der Waals surface area contributed by atoms with E-state index in [1.807, 2.05) is 6.08 Å². The topological polar surface area (TPSA) is 83.5 Å². The minimum Gasteiger partial charge on any atom is -0.494 e. The molecular formula is C45H73NO7. The van der Waals surface area contributed by atoms with Crippen LogP contribution in [0.5, 0.6) is 11.5 Å². The number of carbonyl (C=O) groups excluding carboxylic acids is 2. The molecule has 0 spiro atoms. The van der Waals surface area contributed by atoms with Crippen LogP contribution in [-0.2, 0) is 19.0 Å². The number of allylic oxidation sites excluding steroid dienone is 5. The number of hydrogen-bond acceptors (Lipinski definition) is 8. The van der Waals surface area contributed by atoms with Gasteiger partial charge >= 0.3 is 11.9 Å². The Morgan fingerprint density at radius 3 is 1.96 bits per heavy atom. The molecule has 0 amide bonds. The molecule has 1 aliphatic rings. The van der Waals surface area contributed by atoms with E-state index in [9.17, 15) is 9.59 Å². The monoisotopic (exact) mass is 740 g/mol. The number of unbranched alkanes of at least 4 members (excludes halogenated alkanes) is 13. The number of nitrogens with zero attached hydrogens (tertiary/aromatic N) is 1. The SMILES string of the molecule is CCCCCCCCCCCC=CCCCCCCC(=O)OC(COC(=O)c1ccc(OC)c(OC)c1)COC1=CC=C(CC(C)N(CC)CC)CC1. The Bertz CT molecular complexity index is 1240. The molecule has 2 unspecified atom stereocenters. The fourth-order valence-electron chi connectivity index (χ4n) is 6.78. The van der Waals surface area contributed by atoms with Gasteiger partial charge in [-0.05, 0) is 89.2 Å². The molecule has 0 bridgehead atoms. The lowest BCUT2D eigenvalue weighted by molar-refractivity contribution is -0.154. The van der Waals surface area contributed by atoms with Crippen molar-refractivity contribution in [1.29, 1.82) is 0 Å². The molecule has 0 radical (unpaired) electrons. The van der Waals surface area contributed by atoms with Gasteiger partial charge in [-0.3, -0.25) is 4.79 Å². The Balaban J connectivity index is 1.78. The van der Waals surface area contributed by atoms with E-state index in [0.29, 0.717) is 29.5 Å². The van der Waals surface area contributed by atoms with Crippen LogP contribution in [-0.4, -0.2) is 69.5 Å². The van der Waals surface area contributed by atoms with Crippen molar-refractivity contribution in [3.05, 3.63) is 59.4 Å². The molecule has 0 saturated carbocycles. The summed E-state index contributed by atoms with van der Waals surface area (Å²) in [5.41, 5.74) is 1.73. The average Bonchev–Trinajstić information content (AvgIpc) is 3.17. The van der Waals surface area contributed by atoms with Gasteiger partial charge in [-0.25, -0.2) is 4.79 Å². The molecule has 1 aromatic carbocycles. The van der Waals surface area contributed by atoms with Crippen molar-refractivity contribution in [3.63, 3.8) is 0 Å². The molecule has 8 heteroatoms. The summed E-state index contributed by atoms with van der Waals surface area (Å²) in [6.45, 7) is 11.0. The summed E-state index contributed by atoms with van der Waals surface area (Å²) in [5, 5.41) is 0. The van der Waals surface area contributed by atoms with Crippen LogP contribution in [0, 0.1) is 0 Å². The Kier molecular flexibility index (Phi) is 25.2. The van der Waals surface area contributed by atoms with Gasteiger partial charge in [-0.2, -0.15) is 0 Å². The molecule has 0 aliphatic heterocycles. The quantitative estimate of drug-likeness (QED) is 0.0423. The first-order valence-electron chi connectivity index (χ1n) is 20.8. The first kappa shape index (κ1) is 45.9. The van der Waals surface area contributed by atoms with E-state index >= 15 is 0 Å². The Labute approximate surface area is 322 Å². The highest BCUT2D eigenvalue weighted by atomic mass is 16.6. The van der Waals surface area contributed by atoms with Gasteiger partial charge in [0.25, 0.3) is 0 Å².